The van der Waals surface area contributed by atoms with Crippen LogP contribution in [0.15, 0.2) is 15.9 Å². The van der Waals surface area contributed by atoms with E-state index in [0.717, 1.165) is 69.2 Å². The Hall–Kier alpha value is -2.68. The SMILES string of the molecule is O=C(O)OC1=C(C(=O)Nc2sc3c(c2-c2nc(C4CC4)no2)CCC3)C2CCC1CC2. The number of hydrogen-bond donors (Lipinski definition) is 2. The van der Waals surface area contributed by atoms with Gasteiger partial charge in [0, 0.05) is 16.7 Å². The zero-order chi connectivity index (χ0) is 21.1. The summed E-state index contributed by atoms with van der Waals surface area (Å²) >= 11 is 1.56. The Morgan fingerprint density at radius 1 is 1.06 bits per heavy atom. The molecule has 31 heavy (non-hydrogen) atoms. The number of carbonyl (C=O) groups excluding carboxylic acids is 1. The molecule has 2 saturated carbocycles. The number of aryl methyl sites for hydroxylation is 1. The molecule has 1 amide bonds. The van der Waals surface area contributed by atoms with E-state index in [1.807, 2.05) is 0 Å². The Kier molecular flexibility index (Phi) is 4.41. The van der Waals surface area contributed by atoms with Crippen LogP contribution in [0.4, 0.5) is 9.80 Å². The minimum Gasteiger partial charge on any atom is -0.449 e. The summed E-state index contributed by atoms with van der Waals surface area (Å²) in [6.45, 7) is 0. The minimum absolute atomic E-state index is 0.00621. The number of hydrogen-bond acceptors (Lipinski definition) is 7. The van der Waals surface area contributed by atoms with E-state index in [-0.39, 0.29) is 17.7 Å². The molecule has 2 bridgehead atoms. The predicted molar refractivity (Wildman–Crippen MR) is 112 cm³/mol. The zero-order valence-electron chi connectivity index (χ0n) is 17.0. The maximum atomic E-state index is 13.4. The van der Waals surface area contributed by atoms with Crippen molar-refractivity contribution in [2.45, 2.75) is 63.7 Å². The first-order chi connectivity index (χ1) is 15.1. The van der Waals surface area contributed by atoms with Gasteiger partial charge in [0.15, 0.2) is 5.82 Å². The molecule has 2 aromatic rings. The van der Waals surface area contributed by atoms with E-state index in [0.29, 0.717) is 28.1 Å². The van der Waals surface area contributed by atoms with Gasteiger partial charge in [0.2, 0.25) is 0 Å². The van der Waals surface area contributed by atoms with Gasteiger partial charge in [0.05, 0.1) is 11.1 Å². The minimum atomic E-state index is -1.36. The van der Waals surface area contributed by atoms with Crippen molar-refractivity contribution in [1.82, 2.24) is 10.1 Å². The molecule has 5 aliphatic rings. The van der Waals surface area contributed by atoms with E-state index in [2.05, 4.69) is 15.5 Å². The van der Waals surface area contributed by atoms with Crippen LogP contribution in [0.25, 0.3) is 11.5 Å². The highest BCUT2D eigenvalue weighted by Gasteiger charge is 2.41. The number of nitrogens with zero attached hydrogens (tertiary/aromatic N) is 2. The second-order valence-electron chi connectivity index (χ2n) is 8.94. The van der Waals surface area contributed by atoms with Gasteiger partial charge < -0.3 is 19.7 Å². The summed E-state index contributed by atoms with van der Waals surface area (Å²) in [6.07, 6.45) is 7.33. The van der Waals surface area contributed by atoms with Crippen LogP contribution in [0.1, 0.15) is 67.1 Å². The second-order valence-corrected chi connectivity index (χ2v) is 10.0. The first-order valence-electron chi connectivity index (χ1n) is 11.0. The highest BCUT2D eigenvalue weighted by molar-refractivity contribution is 7.17. The number of aromatic nitrogens is 2. The third-order valence-corrected chi connectivity index (χ3v) is 8.17. The van der Waals surface area contributed by atoms with Gasteiger partial charge in [-0.05, 0) is 69.3 Å². The van der Waals surface area contributed by atoms with Gasteiger partial charge in [-0.1, -0.05) is 5.16 Å². The molecule has 7 rings (SSSR count). The fourth-order valence-corrected chi connectivity index (χ4v) is 6.60. The Bertz CT molecular complexity index is 1100. The summed E-state index contributed by atoms with van der Waals surface area (Å²) in [5.41, 5.74) is 2.52. The topological polar surface area (TPSA) is 115 Å². The van der Waals surface area contributed by atoms with E-state index in [1.165, 1.54) is 10.4 Å². The molecular formula is C22H23N3O5S. The highest BCUT2D eigenvalue weighted by Crippen LogP contribution is 2.48. The first kappa shape index (κ1) is 19.0. The lowest BCUT2D eigenvalue weighted by atomic mass is 9.70. The third kappa shape index (κ3) is 3.26. The van der Waals surface area contributed by atoms with Crippen molar-refractivity contribution in [2.75, 3.05) is 5.32 Å². The molecule has 2 N–H and O–H groups in total. The molecule has 8 nitrogen and oxygen atoms in total. The van der Waals surface area contributed by atoms with Gasteiger partial charge in [-0.15, -0.1) is 11.3 Å². The monoisotopic (exact) mass is 441 g/mol. The van der Waals surface area contributed by atoms with E-state index < -0.39 is 6.16 Å². The van der Waals surface area contributed by atoms with Crippen molar-refractivity contribution in [3.05, 3.63) is 27.6 Å². The maximum Gasteiger partial charge on any atom is 0.511 e. The van der Waals surface area contributed by atoms with Crippen molar-refractivity contribution in [1.29, 1.82) is 0 Å². The smallest absolute Gasteiger partial charge is 0.449 e. The van der Waals surface area contributed by atoms with Crippen molar-refractivity contribution in [2.24, 2.45) is 11.8 Å². The van der Waals surface area contributed by atoms with Crippen LogP contribution >= 0.6 is 11.3 Å². The van der Waals surface area contributed by atoms with Crippen LogP contribution in [-0.4, -0.2) is 27.3 Å². The molecule has 0 atom stereocenters. The number of allylic oxidation sites excluding steroid dienone is 1. The zero-order valence-corrected chi connectivity index (χ0v) is 17.8. The number of fused-ring (bicyclic) bond motifs is 3. The van der Waals surface area contributed by atoms with Crippen molar-refractivity contribution in [3.8, 4) is 11.5 Å². The van der Waals surface area contributed by atoms with Crippen molar-refractivity contribution < 1.29 is 24.0 Å². The largest absolute Gasteiger partial charge is 0.511 e. The van der Waals surface area contributed by atoms with Crippen molar-refractivity contribution in [3.63, 3.8) is 0 Å². The van der Waals surface area contributed by atoms with Gasteiger partial charge in [-0.2, -0.15) is 4.98 Å². The molecule has 0 saturated heterocycles. The number of amides is 1. The number of anilines is 1. The van der Waals surface area contributed by atoms with Crippen LogP contribution in [0.3, 0.4) is 0 Å². The number of rotatable bonds is 5. The number of carbonyl (C=O) groups is 2. The van der Waals surface area contributed by atoms with Gasteiger partial charge >= 0.3 is 6.16 Å². The Morgan fingerprint density at radius 2 is 1.81 bits per heavy atom. The number of ether oxygens (including phenoxy) is 1. The molecule has 2 heterocycles. The van der Waals surface area contributed by atoms with E-state index in [4.69, 9.17) is 9.26 Å². The summed E-state index contributed by atoms with van der Waals surface area (Å²) in [6, 6.07) is 0. The van der Waals surface area contributed by atoms with Crippen LogP contribution < -0.4 is 5.32 Å². The van der Waals surface area contributed by atoms with Crippen LogP contribution in [-0.2, 0) is 22.4 Å². The average Bonchev–Trinajstić information content (AvgIpc) is 3.15. The third-order valence-electron chi connectivity index (χ3n) is 6.96. The van der Waals surface area contributed by atoms with E-state index >= 15 is 0 Å². The lowest BCUT2D eigenvalue weighted by Crippen LogP contribution is -2.34. The van der Waals surface area contributed by atoms with Gasteiger partial charge in [-0.3, -0.25) is 4.79 Å². The molecule has 162 valence electrons. The first-order valence-corrected chi connectivity index (χ1v) is 11.8. The van der Waals surface area contributed by atoms with E-state index in [1.54, 1.807) is 11.3 Å². The lowest BCUT2D eigenvalue weighted by Gasteiger charge is -2.37. The van der Waals surface area contributed by atoms with Gasteiger partial charge in [0.1, 0.15) is 10.8 Å². The maximum absolute atomic E-state index is 13.4. The summed E-state index contributed by atoms with van der Waals surface area (Å²) < 4.78 is 10.7. The summed E-state index contributed by atoms with van der Waals surface area (Å²) in [7, 11) is 0. The fourth-order valence-electron chi connectivity index (χ4n) is 5.33. The summed E-state index contributed by atoms with van der Waals surface area (Å²) in [4.78, 5) is 30.5. The summed E-state index contributed by atoms with van der Waals surface area (Å²) in [5, 5.41) is 17.1. The van der Waals surface area contributed by atoms with E-state index in [9.17, 15) is 14.7 Å². The Balaban J connectivity index is 1.36. The standard InChI is InChI=1S/C22H23N3O5S/c26-19(15-10-4-6-11(7-5-10)17(15)29-22(27)28)24-21-16(13-2-1-3-14(13)31-21)20-23-18(25-30-20)12-8-9-12/h10-12H,1-9H2,(H,24,26)(H,27,28). The number of carboxylic acid groups (broad SMARTS) is 1. The molecule has 0 aliphatic heterocycles. The Morgan fingerprint density at radius 3 is 2.55 bits per heavy atom. The number of thiophene rings is 1. The molecule has 5 aliphatic carbocycles. The molecule has 2 fully saturated rings. The molecular weight excluding hydrogens is 418 g/mol. The molecule has 9 heteroatoms. The Labute approximate surface area is 182 Å². The molecule has 2 aromatic heterocycles. The van der Waals surface area contributed by atoms with Gasteiger partial charge in [-0.25, -0.2) is 4.79 Å². The van der Waals surface area contributed by atoms with Crippen LogP contribution in [0, 0.1) is 11.8 Å². The van der Waals surface area contributed by atoms with Crippen molar-refractivity contribution >= 4 is 28.4 Å². The predicted octanol–water partition coefficient (Wildman–Crippen LogP) is 4.87. The molecule has 0 aromatic carbocycles. The highest BCUT2D eigenvalue weighted by atomic mass is 32.1. The number of nitrogens with one attached hydrogen (secondary N) is 1. The fraction of sp³-hybridized carbons (Fsp3) is 0.545. The summed E-state index contributed by atoms with van der Waals surface area (Å²) in [5.74, 6) is 1.72. The molecule has 0 radical (unpaired) electrons. The second kappa shape index (κ2) is 7.19. The average molecular weight is 442 g/mol. The molecule has 0 unspecified atom stereocenters. The molecule has 0 spiro atoms. The quantitative estimate of drug-likeness (QED) is 0.636. The van der Waals surface area contributed by atoms with Crippen LogP contribution in [0.5, 0.6) is 0 Å². The van der Waals surface area contributed by atoms with Gasteiger partial charge in [0.25, 0.3) is 11.8 Å². The normalized spacial score (nSPS) is 24.4. The van der Waals surface area contributed by atoms with Crippen LogP contribution in [0.2, 0.25) is 0 Å². The lowest BCUT2D eigenvalue weighted by molar-refractivity contribution is -0.114.